The zero-order chi connectivity index (χ0) is 21.2. The summed E-state index contributed by atoms with van der Waals surface area (Å²) in [5, 5.41) is 21.3. The monoisotopic (exact) mass is 422 g/mol. The summed E-state index contributed by atoms with van der Waals surface area (Å²) in [6, 6.07) is 19.2. The van der Waals surface area contributed by atoms with Gasteiger partial charge in [-0.1, -0.05) is 42.1 Å². The number of ether oxygens (including phenoxy) is 1. The fourth-order valence-corrected chi connectivity index (χ4v) is 3.56. The largest absolute Gasteiger partial charge is 0.494 e. The van der Waals surface area contributed by atoms with Gasteiger partial charge in [0.15, 0.2) is 0 Å². The van der Waals surface area contributed by atoms with Crippen LogP contribution in [0.2, 0.25) is 0 Å². The molecule has 0 saturated heterocycles. The Hall–Kier alpha value is -3.38. The summed E-state index contributed by atoms with van der Waals surface area (Å²) in [5.74, 6) is 0.783. The Kier molecular flexibility index (Phi) is 7.80. The number of carbonyl (C=O) groups excluding carboxylic acids is 1. The van der Waals surface area contributed by atoms with Crippen molar-refractivity contribution in [2.75, 3.05) is 23.8 Å². The highest BCUT2D eigenvalue weighted by atomic mass is 32.2. The molecule has 0 spiro atoms. The Balaban J connectivity index is 1.66. The van der Waals surface area contributed by atoms with Gasteiger partial charge in [-0.3, -0.25) is 4.79 Å². The van der Waals surface area contributed by atoms with E-state index in [9.17, 15) is 4.79 Å². The first-order chi connectivity index (χ1) is 14.7. The molecule has 0 unspecified atom stereocenters. The van der Waals surface area contributed by atoms with E-state index in [1.807, 2.05) is 61.5 Å². The molecule has 9 heteroatoms. The second-order valence-corrected chi connectivity index (χ2v) is 7.22. The maximum atomic E-state index is 12.9. The van der Waals surface area contributed by atoms with Gasteiger partial charge in [0.1, 0.15) is 5.75 Å². The third kappa shape index (κ3) is 5.81. The van der Waals surface area contributed by atoms with Gasteiger partial charge in [-0.05, 0) is 47.2 Å². The summed E-state index contributed by atoms with van der Waals surface area (Å²) in [7, 11) is 0. The van der Waals surface area contributed by atoms with Gasteiger partial charge in [-0.25, -0.2) is 4.68 Å². The summed E-state index contributed by atoms with van der Waals surface area (Å²) >= 11 is 1.28. The number of rotatable bonds is 10. The van der Waals surface area contributed by atoms with Crippen LogP contribution in [0.1, 0.15) is 18.9 Å². The van der Waals surface area contributed by atoms with Gasteiger partial charge in [0.2, 0.25) is 11.1 Å². The number of nitriles is 1. The summed E-state index contributed by atoms with van der Waals surface area (Å²) in [5.41, 5.74) is 1.80. The molecular weight excluding hydrogens is 400 g/mol. The molecule has 0 atom stereocenters. The molecule has 154 valence electrons. The Bertz CT molecular complexity index is 985. The molecule has 3 rings (SSSR count). The Morgan fingerprint density at radius 2 is 1.97 bits per heavy atom. The second-order valence-electron chi connectivity index (χ2n) is 6.27. The first-order valence-corrected chi connectivity index (χ1v) is 10.5. The number of carbonyl (C=O) groups is 1. The molecule has 0 radical (unpaired) electrons. The molecule has 0 fully saturated rings. The molecule has 0 saturated carbocycles. The molecule has 30 heavy (non-hydrogen) atoms. The SMILES string of the molecule is CCOc1ccc(N(CCC#N)C(=O)CSc2nnnn2Cc2ccccc2)cc1. The van der Waals surface area contributed by atoms with Crippen LogP contribution in [0, 0.1) is 11.3 Å². The van der Waals surface area contributed by atoms with E-state index in [4.69, 9.17) is 10.00 Å². The predicted molar refractivity (Wildman–Crippen MR) is 114 cm³/mol. The zero-order valence-corrected chi connectivity index (χ0v) is 17.5. The van der Waals surface area contributed by atoms with E-state index in [0.717, 1.165) is 17.0 Å². The lowest BCUT2D eigenvalue weighted by atomic mass is 10.2. The van der Waals surface area contributed by atoms with E-state index in [1.165, 1.54) is 11.8 Å². The molecule has 1 aromatic heterocycles. The summed E-state index contributed by atoms with van der Waals surface area (Å²) in [4.78, 5) is 14.5. The average Bonchev–Trinajstić information content (AvgIpc) is 3.21. The highest BCUT2D eigenvalue weighted by Crippen LogP contribution is 2.22. The van der Waals surface area contributed by atoms with Crippen molar-refractivity contribution in [1.29, 1.82) is 5.26 Å². The van der Waals surface area contributed by atoms with E-state index in [2.05, 4.69) is 21.6 Å². The second kappa shape index (κ2) is 11.0. The number of tetrazole rings is 1. The van der Waals surface area contributed by atoms with Gasteiger partial charge in [0.05, 0.1) is 31.4 Å². The molecule has 1 heterocycles. The lowest BCUT2D eigenvalue weighted by Gasteiger charge is -2.22. The normalized spacial score (nSPS) is 10.4. The summed E-state index contributed by atoms with van der Waals surface area (Å²) < 4.78 is 7.13. The van der Waals surface area contributed by atoms with Crippen molar-refractivity contribution in [2.45, 2.75) is 25.0 Å². The van der Waals surface area contributed by atoms with Gasteiger partial charge < -0.3 is 9.64 Å². The van der Waals surface area contributed by atoms with Crippen molar-refractivity contribution in [3.63, 3.8) is 0 Å². The average molecular weight is 423 g/mol. The van der Waals surface area contributed by atoms with Crippen molar-refractivity contribution in [3.05, 3.63) is 60.2 Å². The molecule has 0 aliphatic rings. The standard InChI is InChI=1S/C21H22N6O2S/c1-2-29-19-11-9-18(10-12-19)26(14-6-13-22)20(28)16-30-21-23-24-25-27(21)15-17-7-4-3-5-8-17/h3-5,7-12H,2,6,14-16H2,1H3. The Labute approximate surface area is 179 Å². The molecule has 3 aromatic rings. The van der Waals surface area contributed by atoms with Crippen molar-refractivity contribution in [1.82, 2.24) is 20.2 Å². The van der Waals surface area contributed by atoms with Crippen molar-refractivity contribution >= 4 is 23.4 Å². The molecule has 0 N–H and O–H groups in total. The van der Waals surface area contributed by atoms with Crippen LogP contribution in [-0.4, -0.2) is 45.0 Å². The van der Waals surface area contributed by atoms with Crippen LogP contribution in [0.15, 0.2) is 59.8 Å². The van der Waals surface area contributed by atoms with Crippen LogP contribution in [0.25, 0.3) is 0 Å². The first-order valence-electron chi connectivity index (χ1n) is 9.54. The Morgan fingerprint density at radius 1 is 1.20 bits per heavy atom. The van der Waals surface area contributed by atoms with Crippen LogP contribution >= 0.6 is 11.8 Å². The van der Waals surface area contributed by atoms with Crippen LogP contribution in [0.5, 0.6) is 5.75 Å². The van der Waals surface area contributed by atoms with Gasteiger partial charge in [0.25, 0.3) is 0 Å². The molecule has 2 aromatic carbocycles. The minimum Gasteiger partial charge on any atom is -0.494 e. The predicted octanol–water partition coefficient (Wildman–Crippen LogP) is 3.16. The Morgan fingerprint density at radius 3 is 2.67 bits per heavy atom. The van der Waals surface area contributed by atoms with Crippen molar-refractivity contribution in [3.8, 4) is 11.8 Å². The lowest BCUT2D eigenvalue weighted by molar-refractivity contribution is -0.116. The molecule has 0 bridgehead atoms. The van der Waals surface area contributed by atoms with Crippen molar-refractivity contribution in [2.24, 2.45) is 0 Å². The first kappa shape index (κ1) is 21.3. The molecule has 1 amide bonds. The van der Waals surface area contributed by atoms with Crippen LogP contribution < -0.4 is 9.64 Å². The number of anilines is 1. The maximum Gasteiger partial charge on any atom is 0.237 e. The van der Waals surface area contributed by atoms with Gasteiger partial charge in [-0.15, -0.1) is 5.10 Å². The minimum atomic E-state index is -0.117. The van der Waals surface area contributed by atoms with Gasteiger partial charge >= 0.3 is 0 Å². The zero-order valence-electron chi connectivity index (χ0n) is 16.6. The maximum absolute atomic E-state index is 12.9. The van der Waals surface area contributed by atoms with E-state index in [1.54, 1.807) is 9.58 Å². The third-order valence-corrected chi connectivity index (χ3v) is 5.15. The number of hydrogen-bond donors (Lipinski definition) is 0. The number of aromatic nitrogens is 4. The summed E-state index contributed by atoms with van der Waals surface area (Å²) in [6.07, 6.45) is 0.245. The number of benzene rings is 2. The minimum absolute atomic E-state index is 0.117. The molecule has 8 nitrogen and oxygen atoms in total. The number of hydrogen-bond acceptors (Lipinski definition) is 7. The molecule has 0 aliphatic carbocycles. The van der Waals surface area contributed by atoms with Crippen LogP contribution in [-0.2, 0) is 11.3 Å². The van der Waals surface area contributed by atoms with Gasteiger partial charge in [0, 0.05) is 12.2 Å². The topological polar surface area (TPSA) is 96.9 Å². The van der Waals surface area contributed by atoms with Crippen LogP contribution in [0.4, 0.5) is 5.69 Å². The fourth-order valence-electron chi connectivity index (χ4n) is 2.81. The highest BCUT2D eigenvalue weighted by Gasteiger charge is 2.18. The quantitative estimate of drug-likeness (QED) is 0.463. The molecule has 0 aliphatic heterocycles. The van der Waals surface area contributed by atoms with Gasteiger partial charge in [-0.2, -0.15) is 5.26 Å². The van der Waals surface area contributed by atoms with E-state index >= 15 is 0 Å². The van der Waals surface area contributed by atoms with E-state index in [-0.39, 0.29) is 18.1 Å². The number of thioether (sulfide) groups is 1. The van der Waals surface area contributed by atoms with Crippen molar-refractivity contribution < 1.29 is 9.53 Å². The lowest BCUT2D eigenvalue weighted by Crippen LogP contribution is -2.33. The number of nitrogens with zero attached hydrogens (tertiary/aromatic N) is 6. The molecular formula is C21H22N6O2S. The highest BCUT2D eigenvalue weighted by molar-refractivity contribution is 7.99. The summed E-state index contributed by atoms with van der Waals surface area (Å²) in [6.45, 7) is 3.34. The van der Waals surface area contributed by atoms with Crippen LogP contribution in [0.3, 0.4) is 0 Å². The smallest absolute Gasteiger partial charge is 0.237 e. The third-order valence-electron chi connectivity index (χ3n) is 4.21. The number of amides is 1. The van der Waals surface area contributed by atoms with E-state index in [0.29, 0.717) is 24.9 Å². The van der Waals surface area contributed by atoms with E-state index < -0.39 is 0 Å². The fraction of sp³-hybridized carbons (Fsp3) is 0.286.